The van der Waals surface area contributed by atoms with Gasteiger partial charge in [0.05, 0.1) is 0 Å². The Bertz CT molecular complexity index is 286. The maximum atomic E-state index is 12.8. The van der Waals surface area contributed by atoms with E-state index in [0.29, 0.717) is 6.42 Å². The highest BCUT2D eigenvalue weighted by molar-refractivity contribution is 6.08. The molecule has 0 aliphatic carbocycles. The molecule has 0 saturated heterocycles. The molecular formula is C8H9F3Si. The van der Waals surface area contributed by atoms with Crippen molar-refractivity contribution in [2.75, 3.05) is 0 Å². The molecule has 0 N–H and O–H groups in total. The molecular weight excluding hydrogens is 181 g/mol. The first-order valence-electron chi connectivity index (χ1n) is 3.79. The lowest BCUT2D eigenvalue weighted by molar-refractivity contribution is 0.481. The normalized spacial score (nSPS) is 10.6. The lowest BCUT2D eigenvalue weighted by atomic mass is 10.1. The molecule has 0 aromatic heterocycles. The summed E-state index contributed by atoms with van der Waals surface area (Å²) in [6, 6.07) is 2.50. The van der Waals surface area contributed by atoms with Crippen molar-refractivity contribution >= 4 is 10.2 Å². The number of hydrogen-bond acceptors (Lipinski definition) is 0. The van der Waals surface area contributed by atoms with E-state index in [4.69, 9.17) is 0 Å². The zero-order valence-electron chi connectivity index (χ0n) is 6.70. The van der Waals surface area contributed by atoms with E-state index in [1.807, 2.05) is 0 Å². The summed E-state index contributed by atoms with van der Waals surface area (Å²) in [6.45, 7) is 0. The van der Waals surface area contributed by atoms with Crippen LogP contribution in [0.15, 0.2) is 12.1 Å². The van der Waals surface area contributed by atoms with Gasteiger partial charge >= 0.3 is 0 Å². The van der Waals surface area contributed by atoms with Crippen LogP contribution in [0.1, 0.15) is 5.56 Å². The minimum absolute atomic E-state index is 0.120. The molecule has 0 unspecified atom stereocenters. The second kappa shape index (κ2) is 3.76. The fourth-order valence-electron chi connectivity index (χ4n) is 1.05. The quantitative estimate of drug-likeness (QED) is 0.489. The molecule has 0 saturated carbocycles. The third-order valence-electron chi connectivity index (χ3n) is 1.64. The third-order valence-corrected chi connectivity index (χ3v) is 2.14. The molecule has 0 spiro atoms. The van der Waals surface area contributed by atoms with Gasteiger partial charge < -0.3 is 0 Å². The predicted molar refractivity (Wildman–Crippen MR) is 44.8 cm³/mol. The minimum Gasteiger partial charge on any atom is -0.207 e. The van der Waals surface area contributed by atoms with Crippen molar-refractivity contribution in [3.8, 4) is 0 Å². The summed E-state index contributed by atoms with van der Waals surface area (Å²) in [5.41, 5.74) is -0.120. The van der Waals surface area contributed by atoms with Gasteiger partial charge in [-0.2, -0.15) is 0 Å². The van der Waals surface area contributed by atoms with E-state index in [9.17, 15) is 13.2 Å². The van der Waals surface area contributed by atoms with E-state index in [0.717, 1.165) is 28.4 Å². The van der Waals surface area contributed by atoms with Crippen LogP contribution in [0.25, 0.3) is 0 Å². The smallest absolute Gasteiger partial charge is 0.164 e. The van der Waals surface area contributed by atoms with Crippen LogP contribution in [0, 0.1) is 17.5 Å². The van der Waals surface area contributed by atoms with Crippen molar-refractivity contribution in [1.29, 1.82) is 0 Å². The maximum absolute atomic E-state index is 12.8. The van der Waals surface area contributed by atoms with Gasteiger partial charge in [-0.3, -0.25) is 0 Å². The molecule has 0 aliphatic heterocycles. The molecule has 12 heavy (non-hydrogen) atoms. The molecule has 0 radical (unpaired) electrons. The maximum Gasteiger partial charge on any atom is 0.164 e. The predicted octanol–water partition coefficient (Wildman–Crippen LogP) is 1.43. The summed E-state index contributed by atoms with van der Waals surface area (Å²) in [5.74, 6) is -2.66. The average molecular weight is 190 g/mol. The van der Waals surface area contributed by atoms with Crippen LogP contribution in [0.4, 0.5) is 13.2 Å². The molecule has 4 heteroatoms. The molecule has 0 bridgehead atoms. The molecule has 0 fully saturated rings. The first-order chi connectivity index (χ1) is 5.66. The minimum atomic E-state index is -1.04. The molecule has 0 aliphatic rings. The van der Waals surface area contributed by atoms with Gasteiger partial charge in [-0.05, 0) is 18.6 Å². The Kier molecular flexibility index (Phi) is 2.92. The van der Waals surface area contributed by atoms with Crippen LogP contribution >= 0.6 is 0 Å². The lowest BCUT2D eigenvalue weighted by Crippen LogP contribution is -1.98. The van der Waals surface area contributed by atoms with Crippen molar-refractivity contribution in [3.05, 3.63) is 35.1 Å². The van der Waals surface area contributed by atoms with Crippen LogP contribution in [0.2, 0.25) is 6.04 Å². The van der Waals surface area contributed by atoms with Crippen molar-refractivity contribution in [2.24, 2.45) is 0 Å². The first kappa shape index (κ1) is 9.32. The van der Waals surface area contributed by atoms with Gasteiger partial charge in [0.15, 0.2) is 11.6 Å². The molecule has 0 amide bonds. The summed E-state index contributed by atoms with van der Waals surface area (Å²) >= 11 is 0. The van der Waals surface area contributed by atoms with Crippen molar-refractivity contribution in [1.82, 2.24) is 0 Å². The third kappa shape index (κ3) is 1.69. The lowest BCUT2D eigenvalue weighted by Gasteiger charge is -2.02. The molecule has 1 aromatic carbocycles. The molecule has 0 heterocycles. The van der Waals surface area contributed by atoms with Gasteiger partial charge in [0, 0.05) is 15.8 Å². The van der Waals surface area contributed by atoms with E-state index in [-0.39, 0.29) is 5.56 Å². The van der Waals surface area contributed by atoms with Gasteiger partial charge in [0.1, 0.15) is 5.82 Å². The van der Waals surface area contributed by atoms with Crippen molar-refractivity contribution in [2.45, 2.75) is 12.5 Å². The van der Waals surface area contributed by atoms with Gasteiger partial charge in [0.25, 0.3) is 0 Å². The SMILES string of the molecule is Fc1ccc(F)c(CC[SiH3])c1F. The summed E-state index contributed by atoms with van der Waals surface area (Å²) in [5, 5.41) is 0. The van der Waals surface area contributed by atoms with Crippen LogP contribution in [0.3, 0.4) is 0 Å². The van der Waals surface area contributed by atoms with E-state index < -0.39 is 17.5 Å². The van der Waals surface area contributed by atoms with Crippen LogP contribution in [-0.4, -0.2) is 10.2 Å². The monoisotopic (exact) mass is 190 g/mol. The number of hydrogen-bond donors (Lipinski definition) is 0. The Morgan fingerprint density at radius 2 is 1.67 bits per heavy atom. The Morgan fingerprint density at radius 3 is 2.25 bits per heavy atom. The largest absolute Gasteiger partial charge is 0.207 e. The van der Waals surface area contributed by atoms with Crippen molar-refractivity contribution < 1.29 is 13.2 Å². The Morgan fingerprint density at radius 1 is 1.08 bits per heavy atom. The highest BCUT2D eigenvalue weighted by atomic mass is 28.1. The summed E-state index contributed by atoms with van der Waals surface area (Å²) in [6.07, 6.45) is 0.293. The summed E-state index contributed by atoms with van der Waals surface area (Å²) < 4.78 is 38.2. The highest BCUT2D eigenvalue weighted by Gasteiger charge is 2.11. The van der Waals surface area contributed by atoms with E-state index in [1.165, 1.54) is 0 Å². The zero-order chi connectivity index (χ0) is 9.14. The fourth-order valence-corrected chi connectivity index (χ4v) is 1.55. The average Bonchev–Trinajstić information content (AvgIpc) is 2.06. The second-order valence-corrected chi connectivity index (χ2v) is 3.57. The molecule has 0 nitrogen and oxygen atoms in total. The van der Waals surface area contributed by atoms with Gasteiger partial charge in [-0.15, -0.1) is 0 Å². The molecule has 66 valence electrons. The number of rotatable bonds is 2. The Labute approximate surface area is 71.8 Å². The van der Waals surface area contributed by atoms with E-state index in [2.05, 4.69) is 0 Å². The first-order valence-corrected chi connectivity index (χ1v) is 5.20. The zero-order valence-corrected chi connectivity index (χ0v) is 8.70. The standard InChI is InChI=1S/C8H9F3Si/c9-6-1-2-7(10)8(11)5(6)3-4-12/h1-2H,3-4H2,12H3. The summed E-state index contributed by atoms with van der Waals surface area (Å²) in [4.78, 5) is 0. The fraction of sp³-hybridized carbons (Fsp3) is 0.250. The topological polar surface area (TPSA) is 0 Å². The molecule has 1 rings (SSSR count). The molecule has 1 aromatic rings. The van der Waals surface area contributed by atoms with E-state index >= 15 is 0 Å². The number of benzene rings is 1. The highest BCUT2D eigenvalue weighted by Crippen LogP contribution is 2.16. The Balaban J connectivity index is 3.14. The van der Waals surface area contributed by atoms with Gasteiger partial charge in [-0.1, -0.05) is 6.04 Å². The van der Waals surface area contributed by atoms with Gasteiger partial charge in [-0.25, -0.2) is 13.2 Å². The van der Waals surface area contributed by atoms with Crippen LogP contribution < -0.4 is 0 Å². The number of halogens is 3. The second-order valence-electron chi connectivity index (χ2n) is 2.57. The summed E-state index contributed by atoms with van der Waals surface area (Å²) in [7, 11) is 0.862. The van der Waals surface area contributed by atoms with Crippen LogP contribution in [-0.2, 0) is 6.42 Å². The molecule has 0 atom stereocenters. The van der Waals surface area contributed by atoms with E-state index in [1.54, 1.807) is 0 Å². The van der Waals surface area contributed by atoms with Crippen molar-refractivity contribution in [3.63, 3.8) is 0 Å². The van der Waals surface area contributed by atoms with Gasteiger partial charge in [0.2, 0.25) is 0 Å². The van der Waals surface area contributed by atoms with Crippen LogP contribution in [0.5, 0.6) is 0 Å². The Hall–Kier alpha value is -0.773.